The van der Waals surface area contributed by atoms with Crippen molar-refractivity contribution in [2.75, 3.05) is 6.61 Å². The number of fused-ring (bicyclic) bond motifs is 1. The molecule has 1 aliphatic carbocycles. The number of aromatic nitrogens is 1. The van der Waals surface area contributed by atoms with Crippen LogP contribution in [0.3, 0.4) is 0 Å². The maximum absolute atomic E-state index is 12.3. The van der Waals surface area contributed by atoms with Crippen LogP contribution in [0.5, 0.6) is 0 Å². The van der Waals surface area contributed by atoms with Gasteiger partial charge >= 0.3 is 5.97 Å². The number of hydrogen-bond acceptors (Lipinski definition) is 4. The fraction of sp³-hybridized carbons (Fsp3) is 0.474. The van der Waals surface area contributed by atoms with Gasteiger partial charge in [0.2, 0.25) is 5.78 Å². The van der Waals surface area contributed by atoms with E-state index in [1.165, 1.54) is 28.2 Å². The minimum atomic E-state index is -0.388. The standard InChI is InChI=1S/C19H23NO3S/c1-11-5-6-17-14(7-11)9-18(24-17)19(22)23-10-16(21)15-8-12(2)20(4)13(15)3/h8-9,11H,5-7,10H2,1-4H3/t11-/m1/s1. The highest BCUT2D eigenvalue weighted by Crippen LogP contribution is 2.32. The van der Waals surface area contributed by atoms with Gasteiger partial charge < -0.3 is 9.30 Å². The third-order valence-corrected chi connectivity index (χ3v) is 6.16. The normalized spacial score (nSPS) is 16.8. The Morgan fingerprint density at radius 2 is 2.08 bits per heavy atom. The Morgan fingerprint density at radius 1 is 1.33 bits per heavy atom. The lowest BCUT2D eigenvalue weighted by atomic mass is 9.90. The van der Waals surface area contributed by atoms with Crippen molar-refractivity contribution in [3.8, 4) is 0 Å². The first kappa shape index (κ1) is 17.0. The van der Waals surface area contributed by atoms with E-state index in [0.29, 0.717) is 16.4 Å². The Balaban J connectivity index is 1.65. The molecule has 0 fully saturated rings. The van der Waals surface area contributed by atoms with E-state index < -0.39 is 0 Å². The van der Waals surface area contributed by atoms with Crippen LogP contribution in [0.2, 0.25) is 0 Å². The SMILES string of the molecule is Cc1cc(C(=O)COC(=O)c2cc3c(s2)CC[C@@H](C)C3)c(C)n1C. The lowest BCUT2D eigenvalue weighted by Crippen LogP contribution is -2.14. The molecule has 1 aliphatic rings. The number of thiophene rings is 1. The number of carbonyl (C=O) groups is 2. The van der Waals surface area contributed by atoms with Crippen LogP contribution in [-0.4, -0.2) is 22.9 Å². The highest BCUT2D eigenvalue weighted by Gasteiger charge is 2.22. The van der Waals surface area contributed by atoms with E-state index >= 15 is 0 Å². The monoisotopic (exact) mass is 345 g/mol. The van der Waals surface area contributed by atoms with Gasteiger partial charge in [0.1, 0.15) is 4.88 Å². The summed E-state index contributed by atoms with van der Waals surface area (Å²) >= 11 is 1.51. The van der Waals surface area contributed by atoms with E-state index in [2.05, 4.69) is 6.92 Å². The molecule has 0 saturated heterocycles. The third-order valence-electron chi connectivity index (χ3n) is 4.94. The van der Waals surface area contributed by atoms with Gasteiger partial charge in [0.15, 0.2) is 6.61 Å². The molecule has 0 amide bonds. The molecule has 0 N–H and O–H groups in total. The Kier molecular flexibility index (Phi) is 4.63. The average Bonchev–Trinajstić information content (AvgIpc) is 3.08. The van der Waals surface area contributed by atoms with Gasteiger partial charge in [-0.25, -0.2) is 4.79 Å². The first-order valence-electron chi connectivity index (χ1n) is 8.31. The van der Waals surface area contributed by atoms with Crippen LogP contribution in [-0.2, 0) is 24.6 Å². The minimum Gasteiger partial charge on any atom is -0.453 e. The molecule has 4 nitrogen and oxygen atoms in total. The van der Waals surface area contributed by atoms with Crippen molar-refractivity contribution in [3.05, 3.63) is 44.4 Å². The number of aryl methyl sites for hydroxylation is 2. The van der Waals surface area contributed by atoms with Crippen molar-refractivity contribution in [2.45, 2.75) is 40.0 Å². The second-order valence-electron chi connectivity index (χ2n) is 6.75. The topological polar surface area (TPSA) is 48.3 Å². The number of hydrogen-bond donors (Lipinski definition) is 0. The average molecular weight is 345 g/mol. The molecule has 3 rings (SSSR count). The van der Waals surface area contributed by atoms with Gasteiger partial charge in [-0.3, -0.25) is 4.79 Å². The van der Waals surface area contributed by atoms with Gasteiger partial charge in [-0.05, 0) is 56.7 Å². The summed E-state index contributed by atoms with van der Waals surface area (Å²) in [7, 11) is 1.92. The molecule has 0 radical (unpaired) electrons. The summed E-state index contributed by atoms with van der Waals surface area (Å²) in [5.74, 6) is 0.127. The molecule has 5 heteroatoms. The largest absolute Gasteiger partial charge is 0.453 e. The summed E-state index contributed by atoms with van der Waals surface area (Å²) in [6, 6.07) is 3.79. The van der Waals surface area contributed by atoms with Crippen molar-refractivity contribution in [2.24, 2.45) is 13.0 Å². The molecule has 2 aromatic heterocycles. The molecule has 0 unspecified atom stereocenters. The van der Waals surface area contributed by atoms with Crippen LogP contribution in [0.25, 0.3) is 0 Å². The predicted octanol–water partition coefficient (Wildman–Crippen LogP) is 3.87. The molecule has 1 atom stereocenters. The van der Waals surface area contributed by atoms with Gasteiger partial charge in [0.25, 0.3) is 0 Å². The summed E-state index contributed by atoms with van der Waals surface area (Å²) in [6.45, 7) is 5.88. The number of esters is 1. The van der Waals surface area contributed by atoms with Gasteiger partial charge in [0, 0.05) is 28.9 Å². The van der Waals surface area contributed by atoms with Gasteiger partial charge in [0.05, 0.1) is 0 Å². The van der Waals surface area contributed by atoms with Crippen LogP contribution in [0.4, 0.5) is 0 Å². The van der Waals surface area contributed by atoms with Crippen molar-refractivity contribution < 1.29 is 14.3 Å². The summed E-state index contributed by atoms with van der Waals surface area (Å²) in [5.41, 5.74) is 3.81. The van der Waals surface area contributed by atoms with Crippen molar-refractivity contribution in [3.63, 3.8) is 0 Å². The zero-order chi connectivity index (χ0) is 17.4. The zero-order valence-corrected chi connectivity index (χ0v) is 15.5. The summed E-state index contributed by atoms with van der Waals surface area (Å²) in [5, 5.41) is 0. The fourth-order valence-electron chi connectivity index (χ4n) is 3.22. The van der Waals surface area contributed by atoms with Crippen molar-refractivity contribution in [1.82, 2.24) is 4.57 Å². The van der Waals surface area contributed by atoms with E-state index in [9.17, 15) is 9.59 Å². The molecular formula is C19H23NO3S. The smallest absolute Gasteiger partial charge is 0.348 e. The lowest BCUT2D eigenvalue weighted by molar-refractivity contribution is 0.0479. The fourth-order valence-corrected chi connectivity index (χ4v) is 4.33. The molecule has 0 saturated carbocycles. The van der Waals surface area contributed by atoms with Crippen LogP contribution < -0.4 is 0 Å². The maximum Gasteiger partial charge on any atom is 0.348 e. The summed E-state index contributed by atoms with van der Waals surface area (Å²) in [4.78, 5) is 26.5. The Morgan fingerprint density at radius 3 is 2.75 bits per heavy atom. The van der Waals surface area contributed by atoms with Crippen LogP contribution in [0.1, 0.15) is 55.2 Å². The molecule has 2 heterocycles. The predicted molar refractivity (Wildman–Crippen MR) is 95.0 cm³/mol. The number of ketones is 1. The van der Waals surface area contributed by atoms with Gasteiger partial charge in [-0.1, -0.05) is 6.92 Å². The quantitative estimate of drug-likeness (QED) is 0.624. The second-order valence-corrected chi connectivity index (χ2v) is 7.89. The first-order chi connectivity index (χ1) is 11.4. The number of rotatable bonds is 4. The highest BCUT2D eigenvalue weighted by atomic mass is 32.1. The Bertz CT molecular complexity index is 800. The van der Waals surface area contributed by atoms with E-state index in [1.54, 1.807) is 0 Å². The van der Waals surface area contributed by atoms with Crippen LogP contribution >= 0.6 is 11.3 Å². The highest BCUT2D eigenvalue weighted by molar-refractivity contribution is 7.14. The number of carbonyl (C=O) groups excluding carboxylic acids is 2. The van der Waals surface area contributed by atoms with E-state index in [0.717, 1.165) is 24.2 Å². The molecular weight excluding hydrogens is 322 g/mol. The van der Waals surface area contributed by atoms with E-state index in [-0.39, 0.29) is 18.4 Å². The number of Topliss-reactive ketones (excluding diaryl/α,β-unsaturated/α-hetero) is 1. The van der Waals surface area contributed by atoms with Crippen LogP contribution in [0, 0.1) is 19.8 Å². The van der Waals surface area contributed by atoms with Crippen molar-refractivity contribution in [1.29, 1.82) is 0 Å². The Hall–Kier alpha value is -1.88. The molecule has 2 aromatic rings. The van der Waals surface area contributed by atoms with E-state index in [4.69, 9.17) is 4.74 Å². The number of nitrogens with zero attached hydrogens (tertiary/aromatic N) is 1. The first-order valence-corrected chi connectivity index (χ1v) is 9.13. The maximum atomic E-state index is 12.3. The Labute approximate surface area is 146 Å². The summed E-state index contributed by atoms with van der Waals surface area (Å²) < 4.78 is 7.23. The summed E-state index contributed by atoms with van der Waals surface area (Å²) in [6.07, 6.45) is 3.24. The lowest BCUT2D eigenvalue weighted by Gasteiger charge is -2.16. The molecule has 0 aliphatic heterocycles. The number of ether oxygens (including phenoxy) is 1. The van der Waals surface area contributed by atoms with Crippen LogP contribution in [0.15, 0.2) is 12.1 Å². The second kappa shape index (κ2) is 6.55. The molecule has 0 aromatic carbocycles. The van der Waals surface area contributed by atoms with Crippen molar-refractivity contribution >= 4 is 23.1 Å². The zero-order valence-electron chi connectivity index (χ0n) is 14.6. The molecule has 24 heavy (non-hydrogen) atoms. The van der Waals surface area contributed by atoms with E-state index in [1.807, 2.05) is 37.6 Å². The van der Waals surface area contributed by atoms with Gasteiger partial charge in [-0.15, -0.1) is 11.3 Å². The molecule has 0 bridgehead atoms. The minimum absolute atomic E-state index is 0.153. The molecule has 0 spiro atoms. The third kappa shape index (κ3) is 3.18. The van der Waals surface area contributed by atoms with Gasteiger partial charge in [-0.2, -0.15) is 0 Å². The molecule has 128 valence electrons.